The number of pyridine rings is 1. The number of hydrogen-bond acceptors (Lipinski definition) is 2. The van der Waals surface area contributed by atoms with Crippen LogP contribution >= 0.6 is 0 Å². The molecule has 0 N–H and O–H groups in total. The fourth-order valence-electron chi connectivity index (χ4n) is 1.20. The number of hydrogen-bond donors (Lipinski definition) is 0. The van der Waals surface area contributed by atoms with E-state index in [2.05, 4.69) is 10.9 Å². The van der Waals surface area contributed by atoms with Gasteiger partial charge >= 0.3 is 0 Å². The highest BCUT2D eigenvalue weighted by molar-refractivity contribution is 5.36. The quantitative estimate of drug-likeness (QED) is 0.666. The first kappa shape index (κ1) is 10.6. The van der Waals surface area contributed by atoms with Crippen LogP contribution in [-0.4, -0.2) is 12.1 Å². The van der Waals surface area contributed by atoms with Crippen LogP contribution in [0.25, 0.3) is 0 Å². The van der Waals surface area contributed by atoms with Crippen LogP contribution in [0.4, 0.5) is 0 Å². The fraction of sp³-hybridized carbons (Fsp3) is 0.417. The lowest BCUT2D eigenvalue weighted by atomic mass is 9.86. The van der Waals surface area contributed by atoms with Crippen molar-refractivity contribution in [2.45, 2.75) is 26.2 Å². The lowest BCUT2D eigenvalue weighted by Crippen LogP contribution is -2.14. The Balaban J connectivity index is 3.17. The normalized spacial score (nSPS) is 10.8. The molecule has 0 aromatic carbocycles. The standard InChI is InChI=1S/C12H15NO/c1-6-12(3,4)10-7-9(2)11(14-5)13-8-10/h1,7-8H,2-5H3. The highest BCUT2D eigenvalue weighted by Crippen LogP contribution is 2.25. The van der Waals surface area contributed by atoms with Crippen molar-refractivity contribution in [3.63, 3.8) is 0 Å². The Hall–Kier alpha value is -1.49. The van der Waals surface area contributed by atoms with Crippen molar-refractivity contribution in [3.05, 3.63) is 23.4 Å². The van der Waals surface area contributed by atoms with Crippen molar-refractivity contribution in [2.24, 2.45) is 0 Å². The van der Waals surface area contributed by atoms with Gasteiger partial charge in [-0.05, 0) is 32.4 Å². The molecule has 0 saturated heterocycles. The lowest BCUT2D eigenvalue weighted by Gasteiger charge is -2.18. The zero-order valence-electron chi connectivity index (χ0n) is 9.09. The second-order valence-electron chi connectivity index (χ2n) is 3.82. The molecule has 0 saturated carbocycles. The molecule has 0 bridgehead atoms. The van der Waals surface area contributed by atoms with Gasteiger partial charge in [-0.2, -0.15) is 0 Å². The number of methoxy groups -OCH3 is 1. The van der Waals surface area contributed by atoms with Gasteiger partial charge < -0.3 is 4.74 Å². The number of rotatable bonds is 2. The number of terminal acetylenes is 1. The summed E-state index contributed by atoms with van der Waals surface area (Å²) in [7, 11) is 1.61. The summed E-state index contributed by atoms with van der Waals surface area (Å²) in [4.78, 5) is 4.19. The smallest absolute Gasteiger partial charge is 0.215 e. The molecule has 14 heavy (non-hydrogen) atoms. The summed E-state index contributed by atoms with van der Waals surface area (Å²) >= 11 is 0. The highest BCUT2D eigenvalue weighted by atomic mass is 16.5. The van der Waals surface area contributed by atoms with Crippen LogP contribution in [0.5, 0.6) is 5.88 Å². The number of aromatic nitrogens is 1. The Morgan fingerprint density at radius 2 is 2.14 bits per heavy atom. The molecule has 0 atom stereocenters. The zero-order chi connectivity index (χ0) is 10.8. The molecule has 1 heterocycles. The average Bonchev–Trinajstić information content (AvgIpc) is 2.17. The molecule has 1 aromatic rings. The van der Waals surface area contributed by atoms with Gasteiger partial charge in [0.2, 0.25) is 5.88 Å². The maximum atomic E-state index is 5.45. The van der Waals surface area contributed by atoms with Gasteiger partial charge in [-0.1, -0.05) is 5.92 Å². The zero-order valence-corrected chi connectivity index (χ0v) is 9.09. The minimum Gasteiger partial charge on any atom is -0.481 e. The van der Waals surface area contributed by atoms with Gasteiger partial charge in [-0.25, -0.2) is 4.98 Å². The van der Waals surface area contributed by atoms with Crippen LogP contribution in [-0.2, 0) is 5.41 Å². The van der Waals surface area contributed by atoms with E-state index in [-0.39, 0.29) is 5.41 Å². The van der Waals surface area contributed by atoms with E-state index in [4.69, 9.17) is 11.2 Å². The van der Waals surface area contributed by atoms with E-state index >= 15 is 0 Å². The Labute approximate surface area is 85.3 Å². The van der Waals surface area contributed by atoms with E-state index in [1.54, 1.807) is 13.3 Å². The molecule has 0 aliphatic rings. The molecule has 1 aromatic heterocycles. The molecule has 0 aliphatic carbocycles. The second kappa shape index (κ2) is 3.71. The number of ether oxygens (including phenoxy) is 1. The van der Waals surface area contributed by atoms with Crippen LogP contribution in [0.3, 0.4) is 0 Å². The predicted octanol–water partition coefficient (Wildman–Crippen LogP) is 2.31. The predicted molar refractivity (Wildman–Crippen MR) is 57.4 cm³/mol. The molecule has 0 spiro atoms. The van der Waals surface area contributed by atoms with Crippen LogP contribution in [0.2, 0.25) is 0 Å². The third kappa shape index (κ3) is 1.88. The van der Waals surface area contributed by atoms with E-state index in [1.807, 2.05) is 26.8 Å². The molecule has 2 heteroatoms. The van der Waals surface area contributed by atoms with Gasteiger partial charge in [0, 0.05) is 11.8 Å². The molecule has 0 unspecified atom stereocenters. The summed E-state index contributed by atoms with van der Waals surface area (Å²) in [5, 5.41) is 0. The van der Waals surface area contributed by atoms with Crippen LogP contribution in [0.15, 0.2) is 12.3 Å². The van der Waals surface area contributed by atoms with Gasteiger partial charge in [-0.15, -0.1) is 6.42 Å². The summed E-state index contributed by atoms with van der Waals surface area (Å²) in [5.74, 6) is 3.40. The van der Waals surface area contributed by atoms with Gasteiger partial charge in [-0.3, -0.25) is 0 Å². The van der Waals surface area contributed by atoms with E-state index in [1.165, 1.54) is 0 Å². The first-order valence-electron chi connectivity index (χ1n) is 4.50. The number of nitrogens with zero attached hydrogens (tertiary/aromatic N) is 1. The Morgan fingerprint density at radius 3 is 2.57 bits per heavy atom. The SMILES string of the molecule is C#CC(C)(C)c1cnc(OC)c(C)c1. The minimum atomic E-state index is -0.274. The van der Waals surface area contributed by atoms with Gasteiger partial charge in [0.1, 0.15) is 0 Å². The fourth-order valence-corrected chi connectivity index (χ4v) is 1.20. The topological polar surface area (TPSA) is 22.1 Å². The van der Waals surface area contributed by atoms with Gasteiger partial charge in [0.15, 0.2) is 0 Å². The monoisotopic (exact) mass is 189 g/mol. The van der Waals surface area contributed by atoms with E-state index in [9.17, 15) is 0 Å². The van der Waals surface area contributed by atoms with Crippen LogP contribution in [0.1, 0.15) is 25.0 Å². The van der Waals surface area contributed by atoms with Crippen molar-refractivity contribution in [3.8, 4) is 18.2 Å². The average molecular weight is 189 g/mol. The second-order valence-corrected chi connectivity index (χ2v) is 3.82. The third-order valence-electron chi connectivity index (χ3n) is 2.31. The van der Waals surface area contributed by atoms with Crippen molar-refractivity contribution >= 4 is 0 Å². The number of aryl methyl sites for hydroxylation is 1. The van der Waals surface area contributed by atoms with E-state index < -0.39 is 0 Å². The van der Waals surface area contributed by atoms with Crippen molar-refractivity contribution in [2.75, 3.05) is 7.11 Å². The summed E-state index contributed by atoms with van der Waals surface area (Å²) < 4.78 is 5.08. The molecular formula is C12H15NO. The van der Waals surface area contributed by atoms with Crippen molar-refractivity contribution in [1.29, 1.82) is 0 Å². The van der Waals surface area contributed by atoms with Crippen LogP contribution < -0.4 is 4.74 Å². The van der Waals surface area contributed by atoms with Crippen LogP contribution in [0, 0.1) is 19.3 Å². The van der Waals surface area contributed by atoms with E-state index in [0.29, 0.717) is 5.88 Å². The summed E-state index contributed by atoms with van der Waals surface area (Å²) in [6.45, 7) is 5.95. The molecule has 2 nitrogen and oxygen atoms in total. The molecule has 0 amide bonds. The maximum Gasteiger partial charge on any atom is 0.215 e. The molecule has 74 valence electrons. The first-order valence-corrected chi connectivity index (χ1v) is 4.50. The van der Waals surface area contributed by atoms with Gasteiger partial charge in [0.05, 0.1) is 12.5 Å². The molecule has 0 radical (unpaired) electrons. The summed E-state index contributed by atoms with van der Waals surface area (Å²) in [6, 6.07) is 2.02. The first-order chi connectivity index (χ1) is 6.51. The summed E-state index contributed by atoms with van der Waals surface area (Å²) in [6.07, 6.45) is 7.22. The Bertz CT molecular complexity index is 374. The Kier molecular flexibility index (Phi) is 2.81. The Morgan fingerprint density at radius 1 is 1.50 bits per heavy atom. The highest BCUT2D eigenvalue weighted by Gasteiger charge is 2.18. The maximum absolute atomic E-state index is 5.45. The minimum absolute atomic E-state index is 0.274. The molecular weight excluding hydrogens is 174 g/mol. The molecule has 0 fully saturated rings. The van der Waals surface area contributed by atoms with Crippen molar-refractivity contribution < 1.29 is 4.74 Å². The van der Waals surface area contributed by atoms with E-state index in [0.717, 1.165) is 11.1 Å². The largest absolute Gasteiger partial charge is 0.481 e. The van der Waals surface area contributed by atoms with Gasteiger partial charge in [0.25, 0.3) is 0 Å². The molecule has 0 aliphatic heterocycles. The summed E-state index contributed by atoms with van der Waals surface area (Å²) in [5.41, 5.74) is 1.77. The third-order valence-corrected chi connectivity index (χ3v) is 2.31. The lowest BCUT2D eigenvalue weighted by molar-refractivity contribution is 0.394. The molecule has 1 rings (SSSR count). The van der Waals surface area contributed by atoms with Crippen molar-refractivity contribution in [1.82, 2.24) is 4.98 Å².